The summed E-state index contributed by atoms with van der Waals surface area (Å²) in [5.74, 6) is 0.752. The number of nitrogens with zero attached hydrogens (tertiary/aromatic N) is 1. The van der Waals surface area contributed by atoms with Crippen LogP contribution in [0.3, 0.4) is 0 Å². The van der Waals surface area contributed by atoms with E-state index in [9.17, 15) is 4.79 Å². The Kier molecular flexibility index (Phi) is 5.86. The first kappa shape index (κ1) is 20.2. The maximum atomic E-state index is 13.4. The molecule has 1 aliphatic heterocycles. The number of anilines is 1. The Balaban J connectivity index is 1.76. The van der Waals surface area contributed by atoms with E-state index in [1.165, 1.54) is 0 Å². The van der Waals surface area contributed by atoms with Crippen molar-refractivity contribution in [3.8, 4) is 5.75 Å². The molecule has 0 N–H and O–H groups in total. The lowest BCUT2D eigenvalue weighted by atomic mass is 10.1. The van der Waals surface area contributed by atoms with Gasteiger partial charge in [-0.2, -0.15) is 0 Å². The Morgan fingerprint density at radius 1 is 1.00 bits per heavy atom. The van der Waals surface area contributed by atoms with Crippen LogP contribution in [-0.2, 0) is 4.79 Å². The lowest BCUT2D eigenvalue weighted by Gasteiger charge is -2.21. The molecular weight excluding hydrogens is 438 g/mol. The number of amides is 1. The predicted octanol–water partition coefficient (Wildman–Crippen LogP) is 6.63. The SMILES string of the molecule is CCOc1ccc(/C=C2\C=C(c3ccccc3)N(c3ccc(C)cc3)C2=O)cc1Br. The van der Waals surface area contributed by atoms with Crippen molar-refractivity contribution in [2.45, 2.75) is 13.8 Å². The average Bonchev–Trinajstić information content (AvgIpc) is 3.07. The zero-order chi connectivity index (χ0) is 21.1. The van der Waals surface area contributed by atoms with Crippen molar-refractivity contribution in [1.29, 1.82) is 0 Å². The molecule has 0 saturated heterocycles. The van der Waals surface area contributed by atoms with E-state index in [1.807, 2.05) is 98.8 Å². The Labute approximate surface area is 185 Å². The maximum Gasteiger partial charge on any atom is 0.262 e. The van der Waals surface area contributed by atoms with Gasteiger partial charge in [-0.25, -0.2) is 0 Å². The summed E-state index contributed by atoms with van der Waals surface area (Å²) < 4.78 is 6.45. The van der Waals surface area contributed by atoms with Crippen molar-refractivity contribution < 1.29 is 9.53 Å². The third kappa shape index (κ3) is 4.10. The van der Waals surface area contributed by atoms with Crippen molar-refractivity contribution in [2.75, 3.05) is 11.5 Å². The lowest BCUT2D eigenvalue weighted by Crippen LogP contribution is -2.24. The van der Waals surface area contributed by atoms with Crippen molar-refractivity contribution in [3.63, 3.8) is 0 Å². The van der Waals surface area contributed by atoms with Gasteiger partial charge in [0.1, 0.15) is 5.75 Å². The number of hydrogen-bond acceptors (Lipinski definition) is 2. The Morgan fingerprint density at radius 2 is 1.73 bits per heavy atom. The molecule has 150 valence electrons. The number of hydrogen-bond donors (Lipinski definition) is 0. The monoisotopic (exact) mass is 459 g/mol. The highest BCUT2D eigenvalue weighted by Gasteiger charge is 2.30. The van der Waals surface area contributed by atoms with Crippen LogP contribution < -0.4 is 9.64 Å². The van der Waals surface area contributed by atoms with Gasteiger partial charge >= 0.3 is 0 Å². The van der Waals surface area contributed by atoms with Gasteiger partial charge in [0.2, 0.25) is 0 Å². The first-order valence-corrected chi connectivity index (χ1v) is 10.7. The number of benzene rings is 3. The molecule has 3 nitrogen and oxygen atoms in total. The largest absolute Gasteiger partial charge is 0.493 e. The van der Waals surface area contributed by atoms with Gasteiger partial charge in [-0.1, -0.05) is 54.1 Å². The molecule has 3 aromatic rings. The highest BCUT2D eigenvalue weighted by molar-refractivity contribution is 9.10. The van der Waals surface area contributed by atoms with Crippen LogP contribution in [0.15, 0.2) is 88.9 Å². The molecule has 0 radical (unpaired) electrons. The van der Waals surface area contributed by atoms with E-state index in [0.717, 1.165) is 38.3 Å². The number of halogens is 1. The zero-order valence-corrected chi connectivity index (χ0v) is 18.5. The van der Waals surface area contributed by atoms with Gasteiger partial charge in [0.05, 0.1) is 16.8 Å². The van der Waals surface area contributed by atoms with E-state index in [-0.39, 0.29) is 5.91 Å². The number of carbonyl (C=O) groups is 1. The molecule has 1 aliphatic rings. The van der Waals surface area contributed by atoms with Gasteiger partial charge in [-0.3, -0.25) is 9.69 Å². The van der Waals surface area contributed by atoms with Crippen LogP contribution in [0.5, 0.6) is 5.75 Å². The summed E-state index contributed by atoms with van der Waals surface area (Å²) in [5.41, 5.74) is 5.47. The second kappa shape index (κ2) is 8.72. The molecule has 0 aliphatic carbocycles. The molecule has 0 atom stereocenters. The molecular formula is C26H22BrNO2. The molecule has 4 rings (SSSR count). The summed E-state index contributed by atoms with van der Waals surface area (Å²) in [6, 6.07) is 23.9. The number of aryl methyl sites for hydroxylation is 1. The quantitative estimate of drug-likeness (QED) is 0.400. The van der Waals surface area contributed by atoms with Crippen LogP contribution in [-0.4, -0.2) is 12.5 Å². The minimum absolute atomic E-state index is 0.0392. The van der Waals surface area contributed by atoms with Gasteiger partial charge in [0, 0.05) is 11.3 Å². The third-order valence-electron chi connectivity index (χ3n) is 4.92. The molecule has 1 amide bonds. The van der Waals surface area contributed by atoms with Gasteiger partial charge in [-0.15, -0.1) is 0 Å². The fourth-order valence-electron chi connectivity index (χ4n) is 3.45. The van der Waals surface area contributed by atoms with Gasteiger partial charge < -0.3 is 4.74 Å². The van der Waals surface area contributed by atoms with Gasteiger partial charge in [-0.05, 0) is 77.3 Å². The zero-order valence-electron chi connectivity index (χ0n) is 16.9. The summed E-state index contributed by atoms with van der Waals surface area (Å²) in [6.07, 6.45) is 3.88. The van der Waals surface area contributed by atoms with Gasteiger partial charge in [0.25, 0.3) is 5.91 Å². The summed E-state index contributed by atoms with van der Waals surface area (Å²) >= 11 is 3.55. The van der Waals surface area contributed by atoms with E-state index < -0.39 is 0 Å². The molecule has 0 fully saturated rings. The molecule has 1 heterocycles. The topological polar surface area (TPSA) is 29.5 Å². The molecule has 30 heavy (non-hydrogen) atoms. The highest BCUT2D eigenvalue weighted by Crippen LogP contribution is 2.36. The first-order chi connectivity index (χ1) is 14.6. The van der Waals surface area contributed by atoms with E-state index in [0.29, 0.717) is 12.2 Å². The predicted molar refractivity (Wildman–Crippen MR) is 126 cm³/mol. The molecule has 0 spiro atoms. The van der Waals surface area contributed by atoms with E-state index >= 15 is 0 Å². The van der Waals surface area contributed by atoms with Gasteiger partial charge in [0.15, 0.2) is 0 Å². The van der Waals surface area contributed by atoms with Crippen LogP contribution in [0.25, 0.3) is 11.8 Å². The number of rotatable bonds is 5. The maximum absolute atomic E-state index is 13.4. The summed E-state index contributed by atoms with van der Waals surface area (Å²) in [7, 11) is 0. The minimum Gasteiger partial charge on any atom is -0.493 e. The summed E-state index contributed by atoms with van der Waals surface area (Å²) in [6.45, 7) is 4.60. The number of ether oxygens (including phenoxy) is 1. The standard InChI is InChI=1S/C26H22BrNO2/c1-3-30-25-14-11-19(16-23(25)27)15-21-17-24(20-7-5-4-6-8-20)28(26(21)29)22-12-9-18(2)10-13-22/h4-17H,3H2,1-2H3/b21-15+. The molecule has 0 bridgehead atoms. The smallest absolute Gasteiger partial charge is 0.262 e. The summed E-state index contributed by atoms with van der Waals surface area (Å²) in [4.78, 5) is 15.2. The second-order valence-corrected chi connectivity index (χ2v) is 7.95. The van der Waals surface area contributed by atoms with Crippen LogP contribution in [0.1, 0.15) is 23.6 Å². The van der Waals surface area contributed by atoms with Crippen LogP contribution in [0.2, 0.25) is 0 Å². The summed E-state index contributed by atoms with van der Waals surface area (Å²) in [5, 5.41) is 0. The van der Waals surface area contributed by atoms with Crippen molar-refractivity contribution in [3.05, 3.63) is 106 Å². The third-order valence-corrected chi connectivity index (χ3v) is 5.54. The molecule has 0 aromatic heterocycles. The number of carbonyl (C=O) groups excluding carboxylic acids is 1. The Bertz CT molecular complexity index is 1130. The fraction of sp³-hybridized carbons (Fsp3) is 0.115. The van der Waals surface area contributed by atoms with E-state index in [2.05, 4.69) is 15.9 Å². The van der Waals surface area contributed by atoms with Crippen LogP contribution in [0.4, 0.5) is 5.69 Å². The van der Waals surface area contributed by atoms with Crippen LogP contribution in [0, 0.1) is 6.92 Å². The molecule has 0 unspecified atom stereocenters. The van der Waals surface area contributed by atoms with E-state index in [4.69, 9.17) is 4.74 Å². The van der Waals surface area contributed by atoms with Crippen molar-refractivity contribution >= 4 is 39.3 Å². The molecule has 0 saturated carbocycles. The molecule has 4 heteroatoms. The average molecular weight is 460 g/mol. The van der Waals surface area contributed by atoms with Crippen molar-refractivity contribution in [2.24, 2.45) is 0 Å². The Hall–Kier alpha value is -3.11. The Morgan fingerprint density at radius 3 is 2.40 bits per heavy atom. The highest BCUT2D eigenvalue weighted by atomic mass is 79.9. The fourth-order valence-corrected chi connectivity index (χ4v) is 3.96. The molecule has 3 aromatic carbocycles. The van der Waals surface area contributed by atoms with E-state index in [1.54, 1.807) is 4.90 Å². The second-order valence-electron chi connectivity index (χ2n) is 7.09. The normalized spacial score (nSPS) is 14.9. The first-order valence-electron chi connectivity index (χ1n) is 9.89. The lowest BCUT2D eigenvalue weighted by molar-refractivity contribution is -0.113. The van der Waals surface area contributed by atoms with Crippen LogP contribution >= 0.6 is 15.9 Å². The van der Waals surface area contributed by atoms with Crippen molar-refractivity contribution in [1.82, 2.24) is 0 Å². The minimum atomic E-state index is -0.0392.